The summed E-state index contributed by atoms with van der Waals surface area (Å²) >= 11 is 0. The van der Waals surface area contributed by atoms with Crippen LogP contribution in [0.2, 0.25) is 0 Å². The van der Waals surface area contributed by atoms with Gasteiger partial charge in [-0.3, -0.25) is 4.79 Å². The third kappa shape index (κ3) is 2.28. The largest absolute Gasteiger partial charge is 0.507 e. The summed E-state index contributed by atoms with van der Waals surface area (Å²) in [6.07, 6.45) is 0. The Morgan fingerprint density at radius 3 is 2.24 bits per heavy atom. The highest BCUT2D eigenvalue weighted by atomic mass is 16.3. The molecular weight excluding hydrogens is 214 g/mol. The molecule has 0 saturated carbocycles. The van der Waals surface area contributed by atoms with Crippen molar-refractivity contribution in [2.75, 3.05) is 11.9 Å². The molecule has 0 aromatic heterocycles. The highest BCUT2D eigenvalue weighted by molar-refractivity contribution is 6.07. The molecule has 2 rings (SSSR count). The number of nitrogens with zero attached hydrogens (tertiary/aromatic N) is 1. The summed E-state index contributed by atoms with van der Waals surface area (Å²) in [5, 5.41) is 9.63. The molecule has 0 atom stereocenters. The zero-order chi connectivity index (χ0) is 12.3. The molecule has 0 bridgehead atoms. The first-order chi connectivity index (χ1) is 8.20. The first-order valence-corrected chi connectivity index (χ1v) is 5.31. The van der Waals surface area contributed by atoms with Crippen molar-refractivity contribution in [1.82, 2.24) is 0 Å². The van der Waals surface area contributed by atoms with Crippen LogP contribution in [0.5, 0.6) is 5.75 Å². The summed E-state index contributed by atoms with van der Waals surface area (Å²) in [5.74, 6) is -0.227. The summed E-state index contributed by atoms with van der Waals surface area (Å²) in [5.41, 5.74) is 1.10. The Kier molecular flexibility index (Phi) is 3.10. The second kappa shape index (κ2) is 4.70. The Morgan fingerprint density at radius 1 is 1.00 bits per heavy atom. The molecule has 2 aromatic carbocycles. The molecule has 0 aliphatic carbocycles. The van der Waals surface area contributed by atoms with Crippen molar-refractivity contribution >= 4 is 11.6 Å². The predicted octanol–water partition coefficient (Wildman–Crippen LogP) is 2.67. The highest BCUT2D eigenvalue weighted by Crippen LogP contribution is 2.20. The van der Waals surface area contributed by atoms with Crippen molar-refractivity contribution in [3.63, 3.8) is 0 Å². The van der Waals surface area contributed by atoms with E-state index in [9.17, 15) is 9.90 Å². The minimum absolute atomic E-state index is 0.000260. The zero-order valence-electron chi connectivity index (χ0n) is 9.50. The standard InChI is InChI=1S/C14H13NO2/c1-15(11-7-3-2-4-8-11)14(17)12-9-5-6-10-13(12)16/h2-10,16H,1H3. The Balaban J connectivity index is 2.30. The third-order valence-corrected chi connectivity index (χ3v) is 2.58. The third-order valence-electron chi connectivity index (χ3n) is 2.58. The number of carbonyl (C=O) groups excluding carboxylic acids is 1. The van der Waals surface area contributed by atoms with E-state index in [1.807, 2.05) is 30.3 Å². The van der Waals surface area contributed by atoms with E-state index in [2.05, 4.69) is 0 Å². The average molecular weight is 227 g/mol. The number of benzene rings is 2. The normalized spacial score (nSPS) is 9.94. The smallest absolute Gasteiger partial charge is 0.261 e. The molecule has 1 N–H and O–H groups in total. The minimum Gasteiger partial charge on any atom is -0.507 e. The number of anilines is 1. The van der Waals surface area contributed by atoms with Gasteiger partial charge in [0.2, 0.25) is 0 Å². The molecule has 0 radical (unpaired) electrons. The number of aromatic hydroxyl groups is 1. The Morgan fingerprint density at radius 2 is 1.59 bits per heavy atom. The lowest BCUT2D eigenvalue weighted by Gasteiger charge is -2.17. The number of para-hydroxylation sites is 2. The van der Waals surface area contributed by atoms with Crippen LogP contribution in [0.3, 0.4) is 0 Å². The molecular formula is C14H13NO2. The fourth-order valence-corrected chi connectivity index (χ4v) is 1.60. The summed E-state index contributed by atoms with van der Waals surface area (Å²) < 4.78 is 0. The van der Waals surface area contributed by atoms with Gasteiger partial charge in [-0.2, -0.15) is 0 Å². The first kappa shape index (κ1) is 11.2. The maximum Gasteiger partial charge on any atom is 0.261 e. The molecule has 86 valence electrons. The fraction of sp³-hybridized carbons (Fsp3) is 0.0714. The molecule has 17 heavy (non-hydrogen) atoms. The molecule has 1 amide bonds. The molecule has 3 nitrogen and oxygen atoms in total. The monoisotopic (exact) mass is 227 g/mol. The van der Waals surface area contributed by atoms with Crippen molar-refractivity contribution in [2.45, 2.75) is 0 Å². The van der Waals surface area contributed by atoms with Gasteiger partial charge < -0.3 is 10.0 Å². The SMILES string of the molecule is CN(C(=O)c1ccccc1O)c1ccccc1. The van der Waals surface area contributed by atoms with Crippen molar-refractivity contribution in [3.8, 4) is 5.75 Å². The van der Waals surface area contributed by atoms with Crippen LogP contribution in [0.4, 0.5) is 5.69 Å². The second-order valence-electron chi connectivity index (χ2n) is 3.72. The van der Waals surface area contributed by atoms with Gasteiger partial charge >= 0.3 is 0 Å². The predicted molar refractivity (Wildman–Crippen MR) is 67.3 cm³/mol. The molecule has 0 saturated heterocycles. The number of phenols is 1. The van der Waals surface area contributed by atoms with Gasteiger partial charge in [0, 0.05) is 12.7 Å². The fourth-order valence-electron chi connectivity index (χ4n) is 1.60. The van der Waals surface area contributed by atoms with Gasteiger partial charge in [-0.15, -0.1) is 0 Å². The van der Waals surface area contributed by atoms with Crippen LogP contribution in [0, 0.1) is 0 Å². The lowest BCUT2D eigenvalue weighted by atomic mass is 10.1. The van der Waals surface area contributed by atoms with Gasteiger partial charge in [0.1, 0.15) is 5.75 Å². The summed E-state index contributed by atoms with van der Waals surface area (Å²) in [7, 11) is 1.68. The summed E-state index contributed by atoms with van der Waals surface area (Å²) in [4.78, 5) is 13.6. The van der Waals surface area contributed by atoms with Crippen LogP contribution in [0.15, 0.2) is 54.6 Å². The van der Waals surface area contributed by atoms with Gasteiger partial charge in [0.15, 0.2) is 0 Å². The molecule has 0 aliphatic heterocycles. The van der Waals surface area contributed by atoms with Gasteiger partial charge in [-0.05, 0) is 24.3 Å². The number of carbonyl (C=O) groups is 1. The van der Waals surface area contributed by atoms with Crippen LogP contribution in [0.1, 0.15) is 10.4 Å². The lowest BCUT2D eigenvalue weighted by Crippen LogP contribution is -2.26. The average Bonchev–Trinajstić information content (AvgIpc) is 2.39. The molecule has 0 spiro atoms. The highest BCUT2D eigenvalue weighted by Gasteiger charge is 2.15. The van der Waals surface area contributed by atoms with Crippen molar-refractivity contribution in [1.29, 1.82) is 0 Å². The van der Waals surface area contributed by atoms with E-state index < -0.39 is 0 Å². The molecule has 0 unspecified atom stereocenters. The van der Waals surface area contributed by atoms with Gasteiger partial charge in [0.05, 0.1) is 5.56 Å². The van der Waals surface area contributed by atoms with Gasteiger partial charge in [0.25, 0.3) is 5.91 Å². The lowest BCUT2D eigenvalue weighted by molar-refractivity contribution is 0.0990. The van der Waals surface area contributed by atoms with E-state index in [4.69, 9.17) is 0 Å². The van der Waals surface area contributed by atoms with E-state index in [0.717, 1.165) is 5.69 Å². The number of hydrogen-bond acceptors (Lipinski definition) is 2. The quantitative estimate of drug-likeness (QED) is 0.856. The van der Waals surface area contributed by atoms with Crippen LogP contribution in [-0.2, 0) is 0 Å². The van der Waals surface area contributed by atoms with E-state index in [1.165, 1.54) is 11.0 Å². The molecule has 0 fully saturated rings. The maximum absolute atomic E-state index is 12.1. The van der Waals surface area contributed by atoms with E-state index in [1.54, 1.807) is 25.2 Å². The van der Waals surface area contributed by atoms with E-state index in [0.29, 0.717) is 5.56 Å². The zero-order valence-corrected chi connectivity index (χ0v) is 9.50. The molecule has 0 aliphatic rings. The van der Waals surface area contributed by atoms with Crippen molar-refractivity contribution in [3.05, 3.63) is 60.2 Å². The minimum atomic E-state index is -0.227. The van der Waals surface area contributed by atoms with E-state index in [-0.39, 0.29) is 11.7 Å². The Bertz CT molecular complexity index is 523. The Hall–Kier alpha value is -2.29. The second-order valence-corrected chi connectivity index (χ2v) is 3.72. The molecule has 0 heterocycles. The number of rotatable bonds is 2. The number of amides is 1. The van der Waals surface area contributed by atoms with Crippen LogP contribution in [0.25, 0.3) is 0 Å². The van der Waals surface area contributed by atoms with Crippen LogP contribution in [-0.4, -0.2) is 18.1 Å². The van der Waals surface area contributed by atoms with Crippen molar-refractivity contribution in [2.24, 2.45) is 0 Å². The topological polar surface area (TPSA) is 40.5 Å². The summed E-state index contributed by atoms with van der Waals surface area (Å²) in [6.45, 7) is 0. The number of hydrogen-bond donors (Lipinski definition) is 1. The van der Waals surface area contributed by atoms with Gasteiger partial charge in [-0.1, -0.05) is 30.3 Å². The van der Waals surface area contributed by atoms with E-state index >= 15 is 0 Å². The Labute approximate surface area is 99.9 Å². The molecule has 3 heteroatoms. The van der Waals surface area contributed by atoms with Crippen LogP contribution >= 0.6 is 0 Å². The maximum atomic E-state index is 12.1. The first-order valence-electron chi connectivity index (χ1n) is 5.31. The van der Waals surface area contributed by atoms with Crippen molar-refractivity contribution < 1.29 is 9.90 Å². The number of phenolic OH excluding ortho intramolecular Hbond substituents is 1. The molecule has 2 aromatic rings. The summed E-state index contributed by atoms with van der Waals surface area (Å²) in [6, 6.07) is 15.8. The van der Waals surface area contributed by atoms with Gasteiger partial charge in [-0.25, -0.2) is 0 Å². The van der Waals surface area contributed by atoms with Crippen LogP contribution < -0.4 is 4.90 Å².